The number of carbonyl (C=O) groups is 2. The molecule has 0 aliphatic carbocycles. The van der Waals surface area contributed by atoms with Crippen LogP contribution in [0.4, 0.5) is 0 Å². The van der Waals surface area contributed by atoms with Crippen LogP contribution in [-0.2, 0) is 19.1 Å². The van der Waals surface area contributed by atoms with Crippen LogP contribution < -0.4 is 22.1 Å². The number of nitrogens with zero attached hydrogens (tertiary/aromatic N) is 2. The Bertz CT molecular complexity index is 706. The van der Waals surface area contributed by atoms with E-state index in [4.69, 9.17) is 20.9 Å². The van der Waals surface area contributed by atoms with Gasteiger partial charge in [-0.15, -0.1) is 0 Å². The molecule has 26 heavy (non-hydrogen) atoms. The van der Waals surface area contributed by atoms with Crippen LogP contribution >= 0.6 is 0 Å². The second-order valence-corrected chi connectivity index (χ2v) is 6.46. The number of ether oxygens (including phenoxy) is 2. The van der Waals surface area contributed by atoms with Gasteiger partial charge in [-0.3, -0.25) is 20.6 Å². The molecule has 1 fully saturated rings. The molecular formula is C14H23N6O6+. The van der Waals surface area contributed by atoms with E-state index in [1.165, 1.54) is 11.5 Å². The lowest BCUT2D eigenvalue weighted by Crippen LogP contribution is -2.78. The van der Waals surface area contributed by atoms with Gasteiger partial charge in [0.15, 0.2) is 18.1 Å². The van der Waals surface area contributed by atoms with Crippen LogP contribution in [-0.4, -0.2) is 81.4 Å². The molecule has 0 aromatic heterocycles. The summed E-state index contributed by atoms with van der Waals surface area (Å²) in [6.45, 7) is 2.63. The number of aliphatic imine (C=N–C) groups is 1. The van der Waals surface area contributed by atoms with Gasteiger partial charge in [-0.25, -0.2) is 9.57 Å². The van der Waals surface area contributed by atoms with E-state index in [0.29, 0.717) is 0 Å². The molecule has 0 amide bonds. The molecule has 1 saturated heterocycles. The zero-order valence-corrected chi connectivity index (χ0v) is 14.4. The fourth-order valence-electron chi connectivity index (χ4n) is 3.68. The van der Waals surface area contributed by atoms with Crippen LogP contribution in [0.25, 0.3) is 0 Å². The van der Waals surface area contributed by atoms with Crippen molar-refractivity contribution in [3.05, 3.63) is 0 Å². The lowest BCUT2D eigenvalue weighted by molar-refractivity contribution is -0.623. The third-order valence-corrected chi connectivity index (χ3v) is 4.84. The highest BCUT2D eigenvalue weighted by molar-refractivity contribution is 5.83. The number of carbonyl (C=O) groups excluding carboxylic acids is 2. The lowest BCUT2D eigenvalue weighted by Gasteiger charge is -2.43. The number of hydrogen-bond donors (Lipinski definition) is 6. The molecular weight excluding hydrogens is 348 g/mol. The van der Waals surface area contributed by atoms with Crippen LogP contribution in [0.5, 0.6) is 0 Å². The minimum atomic E-state index is -2.56. The average Bonchev–Trinajstić information content (AvgIpc) is 3.02. The maximum absolute atomic E-state index is 11.7. The molecule has 0 unspecified atom stereocenters. The van der Waals surface area contributed by atoms with Gasteiger partial charge in [0.1, 0.15) is 19.2 Å². The molecule has 0 saturated carbocycles. The van der Waals surface area contributed by atoms with E-state index in [2.05, 4.69) is 15.6 Å². The molecule has 0 aromatic rings. The number of aliphatic hydroxyl groups is 2. The summed E-state index contributed by atoms with van der Waals surface area (Å²) in [7, 11) is 0. The Kier molecular flexibility index (Phi) is 4.19. The minimum absolute atomic E-state index is 0.0423. The Morgan fingerprint density at radius 2 is 2.12 bits per heavy atom. The third kappa shape index (κ3) is 2.44. The fraction of sp³-hybridized carbons (Fsp3) is 0.714. The van der Waals surface area contributed by atoms with Crippen molar-refractivity contribution in [2.75, 3.05) is 13.2 Å². The number of rotatable bonds is 4. The van der Waals surface area contributed by atoms with Gasteiger partial charge in [0.25, 0.3) is 5.79 Å². The SMILES string of the molecule is CCC(=O)O[C@@H]1C[N+]2=C(N)N[C@@H](COC(C)=O)[C@@H]3N=C(N)N[C@@]32C1(O)O. The van der Waals surface area contributed by atoms with E-state index in [1.807, 2.05) is 0 Å². The highest BCUT2D eigenvalue weighted by Crippen LogP contribution is 2.42. The van der Waals surface area contributed by atoms with E-state index < -0.39 is 41.6 Å². The number of nitrogens with one attached hydrogen (secondary N) is 2. The summed E-state index contributed by atoms with van der Waals surface area (Å²) in [5.41, 5.74) is 10.2. The first-order valence-electron chi connectivity index (χ1n) is 8.19. The summed E-state index contributed by atoms with van der Waals surface area (Å²) in [5.74, 6) is -3.62. The number of guanidine groups is 2. The van der Waals surface area contributed by atoms with Gasteiger partial charge in [0.05, 0.1) is 0 Å². The van der Waals surface area contributed by atoms with Gasteiger partial charge < -0.3 is 30.7 Å². The summed E-state index contributed by atoms with van der Waals surface area (Å²) < 4.78 is 11.6. The van der Waals surface area contributed by atoms with E-state index in [0.717, 1.165) is 0 Å². The summed E-state index contributed by atoms with van der Waals surface area (Å²) in [6.07, 6.45) is -1.22. The molecule has 3 aliphatic rings. The van der Waals surface area contributed by atoms with E-state index in [-0.39, 0.29) is 31.5 Å². The van der Waals surface area contributed by atoms with E-state index in [1.54, 1.807) is 6.92 Å². The van der Waals surface area contributed by atoms with Crippen LogP contribution in [0.15, 0.2) is 4.99 Å². The van der Waals surface area contributed by atoms with E-state index in [9.17, 15) is 19.8 Å². The predicted molar refractivity (Wildman–Crippen MR) is 86.5 cm³/mol. The average molecular weight is 371 g/mol. The topological polar surface area (TPSA) is 185 Å². The summed E-state index contributed by atoms with van der Waals surface area (Å²) in [4.78, 5) is 27.1. The molecule has 12 nitrogen and oxygen atoms in total. The zero-order valence-electron chi connectivity index (χ0n) is 14.4. The highest BCUT2D eigenvalue weighted by atomic mass is 16.6. The quantitative estimate of drug-likeness (QED) is 0.161. The monoisotopic (exact) mass is 371 g/mol. The van der Waals surface area contributed by atoms with Crippen LogP contribution in [0.3, 0.4) is 0 Å². The minimum Gasteiger partial charge on any atom is -0.462 e. The van der Waals surface area contributed by atoms with Crippen molar-refractivity contribution in [1.82, 2.24) is 10.6 Å². The molecule has 3 heterocycles. The Morgan fingerprint density at radius 3 is 2.73 bits per heavy atom. The van der Waals surface area contributed by atoms with Gasteiger partial charge >= 0.3 is 17.9 Å². The Balaban J connectivity index is 2.01. The van der Waals surface area contributed by atoms with Gasteiger partial charge in [-0.2, -0.15) is 0 Å². The Hall–Kier alpha value is -2.60. The maximum Gasteiger partial charge on any atom is 0.346 e. The molecule has 3 aliphatic heterocycles. The van der Waals surface area contributed by atoms with Crippen LogP contribution in [0, 0.1) is 0 Å². The fourth-order valence-corrected chi connectivity index (χ4v) is 3.68. The first-order valence-corrected chi connectivity index (χ1v) is 8.19. The smallest absolute Gasteiger partial charge is 0.346 e. The Labute approximate surface area is 148 Å². The van der Waals surface area contributed by atoms with Crippen molar-refractivity contribution in [2.24, 2.45) is 16.5 Å². The van der Waals surface area contributed by atoms with Gasteiger partial charge in [-0.1, -0.05) is 6.92 Å². The van der Waals surface area contributed by atoms with Crippen LogP contribution in [0.2, 0.25) is 0 Å². The molecule has 0 bridgehead atoms. The molecule has 0 radical (unpaired) electrons. The first-order chi connectivity index (χ1) is 12.1. The molecule has 0 aromatic carbocycles. The number of hydrogen-bond acceptors (Lipinski definition) is 11. The summed E-state index contributed by atoms with van der Waals surface area (Å²) >= 11 is 0. The molecule has 144 valence electrons. The van der Waals surface area contributed by atoms with Crippen molar-refractivity contribution in [3.63, 3.8) is 0 Å². The molecule has 3 rings (SSSR count). The molecule has 1 spiro atoms. The normalized spacial score (nSPS) is 34.2. The lowest BCUT2D eigenvalue weighted by atomic mass is 9.86. The second-order valence-electron chi connectivity index (χ2n) is 6.46. The largest absolute Gasteiger partial charge is 0.462 e. The molecule has 4 atom stereocenters. The maximum atomic E-state index is 11.7. The molecule has 8 N–H and O–H groups in total. The van der Waals surface area contributed by atoms with Gasteiger partial charge in [0.2, 0.25) is 5.66 Å². The zero-order chi connectivity index (χ0) is 19.3. The van der Waals surface area contributed by atoms with Crippen LogP contribution in [0.1, 0.15) is 20.3 Å². The number of nitrogens with two attached hydrogens (primary N) is 2. The van der Waals surface area contributed by atoms with Crippen molar-refractivity contribution in [2.45, 2.75) is 49.9 Å². The summed E-state index contributed by atoms with van der Waals surface area (Å²) in [6, 6.07) is -1.56. The standard InChI is InChI=1S/C14H22N6O6/c1-3-9(22)26-8-4-20-12(16)17-7(5-25-6(2)21)10-13(20,14(8,23)24)19-11(15)18-10/h7-8,10,23-24H,3-5H2,1-2H3,(H5,15,16,17,18,19)/p+1/t7-,8+,10-,13-/m0/s1. The van der Waals surface area contributed by atoms with E-state index >= 15 is 0 Å². The second kappa shape index (κ2) is 5.99. The van der Waals surface area contributed by atoms with Crippen molar-refractivity contribution < 1.29 is 33.9 Å². The predicted octanol–water partition coefficient (Wildman–Crippen LogP) is -4.15. The van der Waals surface area contributed by atoms with Crippen molar-refractivity contribution >= 4 is 23.9 Å². The van der Waals surface area contributed by atoms with Crippen molar-refractivity contribution in [3.8, 4) is 0 Å². The highest BCUT2D eigenvalue weighted by Gasteiger charge is 2.76. The third-order valence-electron chi connectivity index (χ3n) is 4.84. The van der Waals surface area contributed by atoms with Gasteiger partial charge in [0, 0.05) is 13.3 Å². The molecule has 12 heteroatoms. The van der Waals surface area contributed by atoms with Gasteiger partial charge in [-0.05, 0) is 0 Å². The first kappa shape index (κ1) is 18.2. The summed E-state index contributed by atoms with van der Waals surface area (Å²) in [5, 5.41) is 27.6. The van der Waals surface area contributed by atoms with Crippen molar-refractivity contribution in [1.29, 1.82) is 0 Å². The number of esters is 2. The Morgan fingerprint density at radius 1 is 1.42 bits per heavy atom.